The number of aliphatic hydroxyl groups excluding tert-OH is 2. The van der Waals surface area contributed by atoms with E-state index in [2.05, 4.69) is 0 Å². The van der Waals surface area contributed by atoms with Crippen molar-refractivity contribution in [3.63, 3.8) is 0 Å². The number of alkyl halides is 2. The molecular formula is C19H22Cl2O5. The maximum Gasteiger partial charge on any atom is 0.127 e. The molecule has 0 aromatic heterocycles. The molecule has 2 unspecified atom stereocenters. The second-order valence-corrected chi connectivity index (χ2v) is 6.30. The lowest BCUT2D eigenvalue weighted by Crippen LogP contribution is -2.18. The molecule has 7 heteroatoms. The summed E-state index contributed by atoms with van der Waals surface area (Å²) >= 11 is 11.2. The molecule has 0 amide bonds. The quantitative estimate of drug-likeness (QED) is 0.563. The Bertz CT molecular complexity index is 629. The number of aliphatic hydroxyl groups is 2. The average Bonchev–Trinajstić information content (AvgIpc) is 2.69. The summed E-state index contributed by atoms with van der Waals surface area (Å²) < 4.78 is 16.8. The largest absolute Gasteiger partial charge is 0.493 e. The molecule has 26 heavy (non-hydrogen) atoms. The van der Waals surface area contributed by atoms with E-state index in [0.29, 0.717) is 35.5 Å². The fourth-order valence-corrected chi connectivity index (χ4v) is 2.22. The maximum atomic E-state index is 9.38. The van der Waals surface area contributed by atoms with Gasteiger partial charge in [-0.15, -0.1) is 23.2 Å². The van der Waals surface area contributed by atoms with Crippen molar-refractivity contribution < 1.29 is 24.4 Å². The Labute approximate surface area is 163 Å². The van der Waals surface area contributed by atoms with Gasteiger partial charge in [0.2, 0.25) is 0 Å². The van der Waals surface area contributed by atoms with Gasteiger partial charge in [0.05, 0.1) is 19.1 Å². The van der Waals surface area contributed by atoms with Crippen LogP contribution in [-0.2, 0) is 0 Å². The van der Waals surface area contributed by atoms with Gasteiger partial charge in [0.1, 0.15) is 35.7 Å². The van der Waals surface area contributed by atoms with Crippen LogP contribution >= 0.6 is 23.2 Å². The van der Waals surface area contributed by atoms with Crippen molar-refractivity contribution in [3.05, 3.63) is 48.5 Å². The highest BCUT2D eigenvalue weighted by atomic mass is 35.5. The molecule has 2 atom stereocenters. The van der Waals surface area contributed by atoms with Gasteiger partial charge in [-0.1, -0.05) is 0 Å². The van der Waals surface area contributed by atoms with E-state index in [0.717, 1.165) is 0 Å². The van der Waals surface area contributed by atoms with E-state index in [9.17, 15) is 5.11 Å². The third-order valence-electron chi connectivity index (χ3n) is 3.47. The van der Waals surface area contributed by atoms with Crippen LogP contribution in [0.2, 0.25) is 0 Å². The van der Waals surface area contributed by atoms with Crippen molar-refractivity contribution in [1.29, 1.82) is 0 Å². The summed E-state index contributed by atoms with van der Waals surface area (Å²) in [7, 11) is 0. The molecule has 0 spiro atoms. The lowest BCUT2D eigenvalue weighted by atomic mass is 10.2. The van der Waals surface area contributed by atoms with Gasteiger partial charge in [0.15, 0.2) is 0 Å². The van der Waals surface area contributed by atoms with E-state index in [1.807, 2.05) is 0 Å². The number of hydrogen-bond acceptors (Lipinski definition) is 5. The topological polar surface area (TPSA) is 68.2 Å². The van der Waals surface area contributed by atoms with Crippen molar-refractivity contribution >= 4 is 23.2 Å². The molecule has 0 aliphatic rings. The standard InChI is InChI=1S/C19H22Cl2O5/c20-9-14(11-22)12-24-16-1-5-18(6-2-16)26-19-7-3-17(4-8-19)25-13-15(23)10-21/h1-8,14-15,22-23H,9-13H2. The fourth-order valence-electron chi connectivity index (χ4n) is 1.94. The summed E-state index contributed by atoms with van der Waals surface area (Å²) in [6.07, 6.45) is -0.689. The molecule has 2 rings (SSSR count). The van der Waals surface area contributed by atoms with E-state index in [4.69, 9.17) is 42.5 Å². The summed E-state index contributed by atoms with van der Waals surface area (Å²) in [6, 6.07) is 14.3. The lowest BCUT2D eigenvalue weighted by Gasteiger charge is -2.13. The molecule has 0 aliphatic carbocycles. The third kappa shape index (κ3) is 6.92. The molecule has 2 aromatic carbocycles. The van der Waals surface area contributed by atoms with E-state index < -0.39 is 6.10 Å². The molecule has 5 nitrogen and oxygen atoms in total. The van der Waals surface area contributed by atoms with E-state index in [1.54, 1.807) is 48.5 Å². The first-order valence-corrected chi connectivity index (χ1v) is 9.26. The van der Waals surface area contributed by atoms with E-state index >= 15 is 0 Å². The lowest BCUT2D eigenvalue weighted by molar-refractivity contribution is 0.125. The molecule has 0 bridgehead atoms. The van der Waals surface area contributed by atoms with E-state index in [-0.39, 0.29) is 25.0 Å². The van der Waals surface area contributed by atoms with Crippen LogP contribution < -0.4 is 14.2 Å². The number of halogens is 2. The highest BCUT2D eigenvalue weighted by molar-refractivity contribution is 6.18. The van der Waals surface area contributed by atoms with Crippen molar-refractivity contribution in [2.75, 3.05) is 31.6 Å². The fraction of sp³-hybridized carbons (Fsp3) is 0.368. The molecule has 142 valence electrons. The van der Waals surface area contributed by atoms with Crippen molar-refractivity contribution in [1.82, 2.24) is 0 Å². The molecule has 0 saturated heterocycles. The minimum absolute atomic E-state index is 0.00472. The van der Waals surface area contributed by atoms with Crippen molar-refractivity contribution in [2.45, 2.75) is 6.10 Å². The maximum absolute atomic E-state index is 9.38. The molecule has 2 aromatic rings. The second-order valence-electron chi connectivity index (χ2n) is 5.68. The zero-order chi connectivity index (χ0) is 18.8. The SMILES string of the molecule is OCC(CCl)COc1ccc(Oc2ccc(OCC(O)CCl)cc2)cc1. The zero-order valence-corrected chi connectivity index (χ0v) is 15.7. The molecular weight excluding hydrogens is 379 g/mol. The monoisotopic (exact) mass is 400 g/mol. The van der Waals surface area contributed by atoms with Crippen LogP contribution in [0.25, 0.3) is 0 Å². The van der Waals surface area contributed by atoms with Crippen LogP contribution in [0.1, 0.15) is 0 Å². The van der Waals surface area contributed by atoms with Gasteiger partial charge in [-0.3, -0.25) is 0 Å². The van der Waals surface area contributed by atoms with Crippen LogP contribution in [0.4, 0.5) is 0 Å². The number of hydrogen-bond donors (Lipinski definition) is 2. The average molecular weight is 401 g/mol. The number of rotatable bonds is 11. The summed E-state index contributed by atoms with van der Waals surface area (Å²) in [5.41, 5.74) is 0. The molecule has 2 N–H and O–H groups in total. The highest BCUT2D eigenvalue weighted by Gasteiger charge is 2.07. The van der Waals surface area contributed by atoms with E-state index in [1.165, 1.54) is 0 Å². The second kappa shape index (κ2) is 11.1. The minimum atomic E-state index is -0.689. The van der Waals surface area contributed by atoms with Crippen molar-refractivity contribution in [2.24, 2.45) is 5.92 Å². The number of ether oxygens (including phenoxy) is 3. The first-order chi connectivity index (χ1) is 12.6. The Hall–Kier alpha value is -1.66. The molecule has 0 saturated carbocycles. The van der Waals surface area contributed by atoms with Crippen LogP contribution in [0.3, 0.4) is 0 Å². The highest BCUT2D eigenvalue weighted by Crippen LogP contribution is 2.26. The Morgan fingerprint density at radius 2 is 1.19 bits per heavy atom. The van der Waals surface area contributed by atoms with Gasteiger partial charge in [0, 0.05) is 11.8 Å². The zero-order valence-electron chi connectivity index (χ0n) is 14.2. The summed E-state index contributed by atoms with van der Waals surface area (Å²) in [6.45, 7) is 0.501. The molecule has 0 aliphatic heterocycles. The molecule has 0 heterocycles. The summed E-state index contributed by atoms with van der Waals surface area (Å²) in [4.78, 5) is 0. The Kier molecular flexibility index (Phi) is 8.85. The summed E-state index contributed by atoms with van der Waals surface area (Å²) in [5.74, 6) is 3.03. The van der Waals surface area contributed by atoms with Gasteiger partial charge in [-0.05, 0) is 48.5 Å². The molecule has 0 radical (unpaired) electrons. The minimum Gasteiger partial charge on any atom is -0.493 e. The van der Waals surface area contributed by atoms with Gasteiger partial charge >= 0.3 is 0 Å². The summed E-state index contributed by atoms with van der Waals surface area (Å²) in [5, 5.41) is 18.5. The normalized spacial score (nSPS) is 13.1. The molecule has 0 fully saturated rings. The van der Waals surface area contributed by atoms with Gasteiger partial charge < -0.3 is 24.4 Å². The Morgan fingerprint density at radius 3 is 1.62 bits per heavy atom. The Morgan fingerprint density at radius 1 is 0.731 bits per heavy atom. The van der Waals surface area contributed by atoms with Crippen molar-refractivity contribution in [3.8, 4) is 23.0 Å². The van der Waals surface area contributed by atoms with Gasteiger partial charge in [-0.2, -0.15) is 0 Å². The first-order valence-electron chi connectivity index (χ1n) is 8.19. The number of benzene rings is 2. The third-order valence-corrected chi connectivity index (χ3v) is 4.26. The Balaban J connectivity index is 1.84. The van der Waals surface area contributed by atoms with Crippen LogP contribution in [0.5, 0.6) is 23.0 Å². The predicted molar refractivity (Wildman–Crippen MR) is 102 cm³/mol. The van der Waals surface area contributed by atoms with Gasteiger partial charge in [0.25, 0.3) is 0 Å². The van der Waals surface area contributed by atoms with Crippen LogP contribution in [0.15, 0.2) is 48.5 Å². The van der Waals surface area contributed by atoms with Crippen LogP contribution in [-0.4, -0.2) is 47.9 Å². The first kappa shape index (κ1) is 20.6. The predicted octanol–water partition coefficient (Wildman–Crippen LogP) is 3.68. The van der Waals surface area contributed by atoms with Crippen LogP contribution in [0, 0.1) is 5.92 Å². The van der Waals surface area contributed by atoms with Gasteiger partial charge in [-0.25, -0.2) is 0 Å². The smallest absolute Gasteiger partial charge is 0.127 e.